The van der Waals surface area contributed by atoms with Crippen LogP contribution in [0.5, 0.6) is 0 Å². The molecule has 3 saturated heterocycles. The molecular weight excluding hydrogens is 666 g/mol. The Bertz CT molecular complexity index is 1940. The van der Waals surface area contributed by atoms with Crippen LogP contribution in [-0.2, 0) is 44.2 Å². The van der Waals surface area contributed by atoms with Crippen LogP contribution in [0.3, 0.4) is 0 Å². The van der Waals surface area contributed by atoms with Crippen LogP contribution in [0.4, 0.5) is 11.8 Å². The highest BCUT2D eigenvalue weighted by molar-refractivity contribution is 8.07. The van der Waals surface area contributed by atoms with Crippen LogP contribution in [0.15, 0.2) is 23.8 Å². The summed E-state index contributed by atoms with van der Waals surface area (Å²) < 4.78 is 49.6. The smallest absolute Gasteiger partial charge is 0.354 e. The number of nitrogens with two attached hydrogens (primary N) is 2. The number of hydrogen-bond donors (Lipinski definition) is 7. The van der Waals surface area contributed by atoms with Gasteiger partial charge in [-0.3, -0.25) is 32.5 Å². The number of nitrogen functional groups attached to an aromatic ring is 2. The first kappa shape index (κ1) is 30.6. The predicted octanol–water partition coefficient (Wildman–Crippen LogP) is -2.23. The fourth-order valence-corrected chi connectivity index (χ4v) is 7.63. The number of anilines is 2. The van der Waals surface area contributed by atoms with Gasteiger partial charge in [-0.15, -0.1) is 0 Å². The van der Waals surface area contributed by atoms with Gasteiger partial charge >= 0.3 is 14.3 Å². The Morgan fingerprint density at radius 3 is 2.47 bits per heavy atom. The molecule has 2 bridgehead atoms. The van der Waals surface area contributed by atoms with Crippen LogP contribution in [0.2, 0.25) is 0 Å². The van der Waals surface area contributed by atoms with Gasteiger partial charge in [0.2, 0.25) is 5.95 Å². The number of H-pyrrole nitrogens is 1. The zero-order valence-corrected chi connectivity index (χ0v) is 25.0. The molecule has 25 heteroatoms. The van der Waals surface area contributed by atoms with Crippen molar-refractivity contribution in [2.24, 2.45) is 0 Å². The topological polar surface area (TPSA) is 313 Å². The molecule has 242 valence electrons. The van der Waals surface area contributed by atoms with E-state index < -0.39 is 82.1 Å². The fraction of sp³-hybridized carbons (Fsp3) is 0.500. The van der Waals surface area contributed by atoms with Crippen molar-refractivity contribution in [3.05, 3.63) is 29.3 Å². The van der Waals surface area contributed by atoms with E-state index in [0.717, 1.165) is 6.33 Å². The van der Waals surface area contributed by atoms with Crippen LogP contribution in [0, 0.1) is 0 Å². The molecule has 3 aliphatic heterocycles. The number of nitrogens with zero attached hydrogens (tertiary/aromatic N) is 7. The second-order valence-corrected chi connectivity index (χ2v) is 14.7. The molecule has 4 aromatic rings. The van der Waals surface area contributed by atoms with Gasteiger partial charge in [-0.1, -0.05) is 0 Å². The van der Waals surface area contributed by atoms with E-state index in [0.29, 0.717) is 0 Å². The Morgan fingerprint density at radius 2 is 1.69 bits per heavy atom. The fourth-order valence-electron chi connectivity index (χ4n) is 5.21. The number of aromatic nitrogens is 8. The van der Waals surface area contributed by atoms with Crippen LogP contribution in [0.1, 0.15) is 12.5 Å². The van der Waals surface area contributed by atoms with Gasteiger partial charge in [0, 0.05) is 0 Å². The highest BCUT2D eigenvalue weighted by Crippen LogP contribution is 2.53. The van der Waals surface area contributed by atoms with Gasteiger partial charge < -0.3 is 50.2 Å². The maximum Gasteiger partial charge on any atom is 0.354 e. The molecule has 0 aliphatic carbocycles. The Kier molecular flexibility index (Phi) is 7.52. The summed E-state index contributed by atoms with van der Waals surface area (Å²) >= 11 is 5.16. The number of aromatic amines is 1. The molecule has 0 radical (unpaired) electrons. The lowest BCUT2D eigenvalue weighted by atomic mass is 10.1. The summed E-state index contributed by atoms with van der Waals surface area (Å²) in [5, 5.41) is 22.3. The molecule has 22 nitrogen and oxygen atoms in total. The summed E-state index contributed by atoms with van der Waals surface area (Å²) in [6.45, 7) is -4.86. The normalized spacial score (nSPS) is 37.7. The number of imidazole rings is 2. The van der Waals surface area contributed by atoms with E-state index >= 15 is 0 Å². The van der Waals surface area contributed by atoms with Gasteiger partial charge in [-0.2, -0.15) is 4.98 Å². The van der Waals surface area contributed by atoms with E-state index in [2.05, 4.69) is 29.9 Å². The molecule has 0 spiro atoms. The van der Waals surface area contributed by atoms with Gasteiger partial charge in [-0.05, 0) is 11.8 Å². The largest absolute Gasteiger partial charge is 0.387 e. The van der Waals surface area contributed by atoms with Gasteiger partial charge in [0.05, 0.1) is 19.3 Å². The Hall–Kier alpha value is -3.02. The van der Waals surface area contributed by atoms with Gasteiger partial charge in [0.15, 0.2) is 47.7 Å². The highest BCUT2D eigenvalue weighted by atomic mass is 32.5. The van der Waals surface area contributed by atoms with Crippen molar-refractivity contribution in [2.45, 2.75) is 49.3 Å². The average Bonchev–Trinajstić information content (AvgIpc) is 3.72. The average molecular weight is 690 g/mol. The standard InChI is InChI=1S/C20H24N10O12P2S/c21-13-7-14(24-2-23-13)29(3-25-7)17-10(32)12-19(40-17)37-5-43(34,35)41-11-9(31)6(1-38-44(36,45)42-12)39-18(11)30-4-26-8-15(30)27-20(22)28-16(8)33/h2-4,6,9-12,17-19,31-32H,1,5H2,(H,34,35)(H,36,45)(H2,21,23,24)(H3,22,27,28,33)/t6-,9-,10-,11-,12+,17-,18-,19+,44?/m1/s1. The number of aliphatic hydroxyl groups is 2. The molecule has 9 N–H and O–H groups in total. The molecule has 7 heterocycles. The minimum atomic E-state index is -4.78. The summed E-state index contributed by atoms with van der Waals surface area (Å²) in [5.41, 5.74) is 11.0. The van der Waals surface area contributed by atoms with Gasteiger partial charge in [0.1, 0.15) is 42.4 Å². The van der Waals surface area contributed by atoms with Crippen LogP contribution in [0.25, 0.3) is 22.3 Å². The third-order valence-electron chi connectivity index (χ3n) is 7.21. The quantitative estimate of drug-likeness (QED) is 0.109. The molecule has 0 aromatic carbocycles. The van der Waals surface area contributed by atoms with Crippen molar-refractivity contribution < 1.29 is 52.3 Å². The Balaban J connectivity index is 1.21. The van der Waals surface area contributed by atoms with E-state index in [9.17, 15) is 29.4 Å². The maximum atomic E-state index is 13.3. The third-order valence-corrected chi connectivity index (χ3v) is 9.82. The summed E-state index contributed by atoms with van der Waals surface area (Å²) in [6.07, 6.45) is -9.58. The first-order valence-corrected chi connectivity index (χ1v) is 17.3. The van der Waals surface area contributed by atoms with E-state index in [-0.39, 0.29) is 34.1 Å². The Morgan fingerprint density at radius 1 is 0.956 bits per heavy atom. The lowest BCUT2D eigenvalue weighted by Gasteiger charge is -2.27. The summed E-state index contributed by atoms with van der Waals surface area (Å²) in [6, 6.07) is 0. The number of hydrogen-bond acceptors (Lipinski definition) is 18. The number of fused-ring (bicyclic) bond motifs is 5. The molecule has 4 aromatic heterocycles. The van der Waals surface area contributed by atoms with Crippen LogP contribution < -0.4 is 17.0 Å². The Labute approximate surface area is 254 Å². The summed E-state index contributed by atoms with van der Waals surface area (Å²) in [4.78, 5) is 56.5. The lowest BCUT2D eigenvalue weighted by Crippen LogP contribution is -2.35. The zero-order valence-electron chi connectivity index (χ0n) is 22.4. The van der Waals surface area contributed by atoms with Crippen molar-refractivity contribution >= 4 is 60.2 Å². The molecule has 3 aliphatic rings. The molecule has 0 saturated carbocycles. The number of ether oxygens (including phenoxy) is 3. The maximum absolute atomic E-state index is 13.3. The number of rotatable bonds is 2. The van der Waals surface area contributed by atoms with Crippen LogP contribution >= 0.6 is 14.3 Å². The van der Waals surface area contributed by atoms with E-state index in [1.54, 1.807) is 0 Å². The van der Waals surface area contributed by atoms with Crippen molar-refractivity contribution in [3.63, 3.8) is 0 Å². The molecular formula is C20H24N10O12P2S. The number of nitrogens with one attached hydrogen (secondary N) is 1. The molecule has 0 amide bonds. The first-order valence-electron chi connectivity index (χ1n) is 12.9. The first-order chi connectivity index (χ1) is 21.3. The van der Waals surface area contributed by atoms with Gasteiger partial charge in [-0.25, -0.2) is 19.9 Å². The third kappa shape index (κ3) is 5.44. The van der Waals surface area contributed by atoms with E-state index in [4.69, 9.17) is 51.1 Å². The summed E-state index contributed by atoms with van der Waals surface area (Å²) in [5.74, 6) is -0.191. The van der Waals surface area contributed by atoms with E-state index in [1.807, 2.05) is 0 Å². The highest BCUT2D eigenvalue weighted by Gasteiger charge is 2.53. The monoisotopic (exact) mass is 690 g/mol. The van der Waals surface area contributed by atoms with E-state index in [1.165, 1.54) is 21.8 Å². The van der Waals surface area contributed by atoms with Crippen LogP contribution in [-0.4, -0.2) is 109 Å². The molecule has 2 unspecified atom stereocenters. The minimum Gasteiger partial charge on any atom is -0.387 e. The van der Waals surface area contributed by atoms with Gasteiger partial charge in [0.25, 0.3) is 5.56 Å². The SMILES string of the molecule is Nc1nc2c(ncn2[C@@H]2O[C@@H]3COP(O)(=S)O[C@@H]4[C@@H](OCP(=O)(O)O[C@@H]2[C@@H]3O)O[C@@H](n2cnc3c(N)ncnc32)[C@@H]4O)c(=O)[nH]1. The second-order valence-electron chi connectivity index (χ2n) is 10.1. The molecule has 10 atom stereocenters. The minimum absolute atomic E-state index is 0.0611. The van der Waals surface area contributed by atoms with Crippen molar-refractivity contribution in [1.82, 2.24) is 39.0 Å². The molecule has 45 heavy (non-hydrogen) atoms. The summed E-state index contributed by atoms with van der Waals surface area (Å²) in [7, 11) is -4.78. The number of aliphatic hydroxyl groups excluding tert-OH is 2. The van der Waals surface area contributed by atoms with Crippen molar-refractivity contribution in [2.75, 3.05) is 24.4 Å². The predicted molar refractivity (Wildman–Crippen MR) is 150 cm³/mol. The lowest BCUT2D eigenvalue weighted by molar-refractivity contribution is -0.166. The second kappa shape index (κ2) is 11.1. The zero-order chi connectivity index (χ0) is 31.8. The molecule has 7 rings (SSSR count). The molecule has 3 fully saturated rings. The van der Waals surface area contributed by atoms with Crippen molar-refractivity contribution in [1.29, 1.82) is 0 Å². The van der Waals surface area contributed by atoms with Crippen molar-refractivity contribution in [3.8, 4) is 0 Å².